The number of rotatable bonds is 11. The Kier molecular flexibility index (Phi) is 14.2. The van der Waals surface area contributed by atoms with Gasteiger partial charge in [-0.05, 0) is 69.7 Å². The molecule has 1 heterocycles. The third-order valence-electron chi connectivity index (χ3n) is 9.43. The summed E-state index contributed by atoms with van der Waals surface area (Å²) in [5.74, 6) is -7.06. The quantitative estimate of drug-likeness (QED) is 0.102. The number of nitrogens with one attached hydrogen (secondary N) is 4. The van der Waals surface area contributed by atoms with Gasteiger partial charge in [0.1, 0.15) is 52.3 Å². The molecule has 5 atom stereocenters. The van der Waals surface area contributed by atoms with Crippen LogP contribution in [0.1, 0.15) is 67.2 Å². The number of carbonyl (C=O) groups is 5. The molecular weight excluding hydrogens is 821 g/mol. The Morgan fingerprint density at radius 1 is 0.950 bits per heavy atom. The third kappa shape index (κ3) is 11.7. The highest BCUT2D eigenvalue weighted by Crippen LogP contribution is 2.45. The summed E-state index contributed by atoms with van der Waals surface area (Å²) in [4.78, 5) is 80.5. The number of likely N-dealkylation sites (tertiary alicyclic amines) is 1. The number of aliphatic imine (C=N–C) groups is 1. The zero-order valence-electron chi connectivity index (χ0n) is 33.6. The van der Waals surface area contributed by atoms with Crippen LogP contribution in [0, 0.1) is 34.6 Å². The predicted octanol–water partition coefficient (Wildman–Crippen LogP) is 5.02. The van der Waals surface area contributed by atoms with Gasteiger partial charge in [-0.25, -0.2) is 40.4 Å². The summed E-state index contributed by atoms with van der Waals surface area (Å²) in [6.07, 6.45) is -0.373. The molecule has 326 valence electrons. The van der Waals surface area contributed by atoms with E-state index in [0.29, 0.717) is 12.8 Å². The number of alkyl carbamates (subject to hydrolysis) is 1. The Labute approximate surface area is 343 Å². The van der Waals surface area contributed by atoms with Crippen molar-refractivity contribution >= 4 is 57.4 Å². The minimum atomic E-state index is -3.97. The Bertz CT molecular complexity index is 2150. The maximum absolute atomic E-state index is 14.2. The summed E-state index contributed by atoms with van der Waals surface area (Å²) in [6.45, 7) is 13.2. The molecular formula is C39H46F4N6O10S. The molecule has 2 aromatic rings. The standard InChI is InChI=1S/C32H43F2N5O9S.C7H3F2NO/c1-8-17-15-32(17,27(42)38-49(45,46)19-12-13-19)37-25(40)22-14-18(47-28(43)35-23-20(33)10-9-11-21(23)34)16-39(22)26(41)24(30(2,3)4)36-29(44)48-31(5,6)7;8-5-2-1-3-6(9)7(5)10-4-11/h8-11,17-19,22,24H,1,12-16H2,2-7H3,(H,35,43)(H,36,44)(H,37,40)(H,38,42);1-3H/t17?,18-,22+,24-,32-;/m1./s1. The van der Waals surface area contributed by atoms with Gasteiger partial charge in [0.25, 0.3) is 5.91 Å². The summed E-state index contributed by atoms with van der Waals surface area (Å²) in [5, 5.41) is 6.45. The molecule has 1 unspecified atom stereocenters. The number of anilines is 1. The van der Waals surface area contributed by atoms with Crippen molar-refractivity contribution in [3.63, 3.8) is 0 Å². The number of carbonyl (C=O) groups excluding carboxylic acids is 6. The molecule has 2 aliphatic carbocycles. The number of hydrogen-bond acceptors (Lipinski definition) is 11. The van der Waals surface area contributed by atoms with E-state index in [1.807, 2.05) is 5.32 Å². The first-order chi connectivity index (χ1) is 27.8. The first-order valence-electron chi connectivity index (χ1n) is 18.6. The Hall–Kier alpha value is -5.82. The summed E-state index contributed by atoms with van der Waals surface area (Å²) in [5.41, 5.74) is -4.87. The molecule has 0 aromatic heterocycles. The van der Waals surface area contributed by atoms with E-state index in [0.717, 1.165) is 41.3 Å². The van der Waals surface area contributed by atoms with E-state index in [4.69, 9.17) is 9.47 Å². The zero-order valence-corrected chi connectivity index (χ0v) is 34.4. The normalized spacial score (nSPS) is 21.4. The first kappa shape index (κ1) is 46.9. The Balaban J connectivity index is 0.000000624. The highest BCUT2D eigenvalue weighted by molar-refractivity contribution is 7.91. The SMILES string of the molecule is C=CC1C[C@]1(NC(=O)[C@@H]1C[C@@H](OC(=O)Nc2c(F)cccc2F)CN1C(=O)[C@@H](NC(=O)OC(C)(C)C)C(C)(C)C)C(=O)NS(=O)(=O)C1CC1.O=C=Nc1c(F)cccc1F. The van der Waals surface area contributed by atoms with Gasteiger partial charge in [-0.1, -0.05) is 39.0 Å². The van der Waals surface area contributed by atoms with Gasteiger partial charge in [-0.15, -0.1) is 6.58 Å². The summed E-state index contributed by atoms with van der Waals surface area (Å²) < 4.78 is 91.3. The number of hydrogen-bond donors (Lipinski definition) is 4. The molecule has 16 nitrogen and oxygen atoms in total. The molecule has 0 bridgehead atoms. The molecule has 1 saturated heterocycles. The van der Waals surface area contributed by atoms with Crippen LogP contribution in [0.25, 0.3) is 0 Å². The van der Waals surface area contributed by atoms with E-state index in [1.54, 1.807) is 41.5 Å². The fourth-order valence-electron chi connectivity index (χ4n) is 6.18. The highest BCUT2D eigenvalue weighted by atomic mass is 32.2. The molecule has 5 amide bonds. The van der Waals surface area contributed by atoms with Crippen LogP contribution in [-0.2, 0) is 38.7 Å². The van der Waals surface area contributed by atoms with Crippen LogP contribution >= 0.6 is 0 Å². The van der Waals surface area contributed by atoms with Crippen LogP contribution in [-0.4, -0.2) is 90.4 Å². The lowest BCUT2D eigenvalue weighted by molar-refractivity contribution is -0.143. The Morgan fingerprint density at radius 2 is 1.52 bits per heavy atom. The third-order valence-corrected chi connectivity index (χ3v) is 11.2. The number of nitrogens with zero attached hydrogens (tertiary/aromatic N) is 2. The molecule has 2 aromatic carbocycles. The van der Waals surface area contributed by atoms with Crippen molar-refractivity contribution in [1.29, 1.82) is 0 Å². The van der Waals surface area contributed by atoms with E-state index >= 15 is 0 Å². The van der Waals surface area contributed by atoms with Gasteiger partial charge in [-0.2, -0.15) is 4.99 Å². The summed E-state index contributed by atoms with van der Waals surface area (Å²) >= 11 is 0. The van der Waals surface area contributed by atoms with E-state index in [2.05, 4.69) is 26.9 Å². The zero-order chi connectivity index (χ0) is 45.0. The number of benzene rings is 2. The first-order valence-corrected chi connectivity index (χ1v) is 20.1. The van der Waals surface area contributed by atoms with Gasteiger partial charge in [-0.3, -0.25) is 24.4 Å². The van der Waals surface area contributed by atoms with Crippen LogP contribution in [0.15, 0.2) is 54.0 Å². The fourth-order valence-corrected chi connectivity index (χ4v) is 7.54. The van der Waals surface area contributed by atoms with Gasteiger partial charge >= 0.3 is 12.2 Å². The Morgan fingerprint density at radius 3 is 2.00 bits per heavy atom. The van der Waals surface area contributed by atoms with Crippen molar-refractivity contribution in [3.05, 3.63) is 72.3 Å². The second kappa shape index (κ2) is 18.2. The molecule has 2 saturated carbocycles. The number of halogens is 4. The largest absolute Gasteiger partial charge is 0.444 e. The fraction of sp³-hybridized carbons (Fsp3) is 0.487. The second-order valence-corrected chi connectivity index (χ2v) is 18.4. The van der Waals surface area contributed by atoms with Crippen molar-refractivity contribution < 1.29 is 64.2 Å². The summed E-state index contributed by atoms with van der Waals surface area (Å²) in [7, 11) is -3.97. The second-order valence-electron chi connectivity index (χ2n) is 16.4. The van der Waals surface area contributed by atoms with Crippen LogP contribution in [0.4, 0.5) is 38.5 Å². The molecule has 4 N–H and O–H groups in total. The highest BCUT2D eigenvalue weighted by Gasteiger charge is 2.62. The minimum absolute atomic E-state index is 0.0380. The van der Waals surface area contributed by atoms with E-state index in [9.17, 15) is 54.7 Å². The van der Waals surface area contributed by atoms with E-state index < -0.39 is 120 Å². The number of amides is 5. The monoisotopic (exact) mass is 866 g/mol. The van der Waals surface area contributed by atoms with Crippen LogP contribution < -0.4 is 20.7 Å². The van der Waals surface area contributed by atoms with Gasteiger partial charge < -0.3 is 25.0 Å². The number of sulfonamides is 1. The van der Waals surface area contributed by atoms with Crippen molar-refractivity contribution in [2.75, 3.05) is 11.9 Å². The molecule has 5 rings (SSSR count). The summed E-state index contributed by atoms with van der Waals surface area (Å²) in [6, 6.07) is 3.52. The average molecular weight is 867 g/mol. The molecule has 0 radical (unpaired) electrons. The molecule has 3 fully saturated rings. The number of para-hydroxylation sites is 2. The van der Waals surface area contributed by atoms with Crippen molar-refractivity contribution in [3.8, 4) is 0 Å². The lowest BCUT2D eigenvalue weighted by atomic mass is 9.85. The van der Waals surface area contributed by atoms with Crippen LogP contribution in [0.5, 0.6) is 0 Å². The van der Waals surface area contributed by atoms with Crippen LogP contribution in [0.3, 0.4) is 0 Å². The molecule has 60 heavy (non-hydrogen) atoms. The van der Waals surface area contributed by atoms with Gasteiger partial charge in [0.15, 0.2) is 11.6 Å². The van der Waals surface area contributed by atoms with Crippen LogP contribution in [0.2, 0.25) is 0 Å². The van der Waals surface area contributed by atoms with Crippen molar-refractivity contribution in [1.82, 2.24) is 20.3 Å². The van der Waals surface area contributed by atoms with Gasteiger partial charge in [0, 0.05) is 12.3 Å². The minimum Gasteiger partial charge on any atom is -0.444 e. The molecule has 1 aliphatic heterocycles. The van der Waals surface area contributed by atoms with E-state index in [1.165, 1.54) is 12.1 Å². The number of ether oxygens (including phenoxy) is 2. The lowest BCUT2D eigenvalue weighted by Crippen LogP contribution is -2.60. The van der Waals surface area contributed by atoms with E-state index in [-0.39, 0.29) is 19.4 Å². The topological polar surface area (TPSA) is 219 Å². The molecule has 21 heteroatoms. The van der Waals surface area contributed by atoms with Gasteiger partial charge in [0.2, 0.25) is 27.9 Å². The number of isocyanates is 1. The smallest absolute Gasteiger partial charge is 0.412 e. The van der Waals surface area contributed by atoms with Crippen molar-refractivity contribution in [2.45, 2.75) is 102 Å². The van der Waals surface area contributed by atoms with Gasteiger partial charge in [0.05, 0.1) is 11.8 Å². The van der Waals surface area contributed by atoms with Crippen molar-refractivity contribution in [2.24, 2.45) is 16.3 Å². The molecule has 3 aliphatic rings. The maximum atomic E-state index is 14.2. The molecule has 0 spiro atoms. The predicted molar refractivity (Wildman–Crippen MR) is 206 cm³/mol. The average Bonchev–Trinajstić information content (AvgIpc) is 4.06. The maximum Gasteiger partial charge on any atom is 0.412 e. The lowest BCUT2D eigenvalue weighted by Gasteiger charge is -2.36.